The van der Waals surface area contributed by atoms with Crippen molar-refractivity contribution >= 4 is 23.2 Å². The molecular weight excluding hydrogens is 296 g/mol. The van der Waals surface area contributed by atoms with Crippen LogP contribution >= 0.6 is 11.6 Å². The molecule has 0 saturated carbocycles. The SMILES string of the molecule is CC1Cc2c(NC(=O)c3cccnc3Cl)cccc2C1(C)C. The maximum absolute atomic E-state index is 12.4. The van der Waals surface area contributed by atoms with E-state index in [0.717, 1.165) is 12.1 Å². The van der Waals surface area contributed by atoms with Crippen LogP contribution in [0.5, 0.6) is 0 Å². The standard InChI is InChI=1S/C18H19ClN2O/c1-11-10-13-14(18(11,2)3)7-4-8-15(13)21-17(22)12-6-5-9-20-16(12)19/h4-9,11H,10H2,1-3H3,(H,21,22). The van der Waals surface area contributed by atoms with Crippen molar-refractivity contribution in [1.29, 1.82) is 0 Å². The lowest BCUT2D eigenvalue weighted by molar-refractivity contribution is 0.102. The van der Waals surface area contributed by atoms with Crippen LogP contribution in [0.1, 0.15) is 42.3 Å². The summed E-state index contributed by atoms with van der Waals surface area (Å²) < 4.78 is 0. The average Bonchev–Trinajstić information content (AvgIpc) is 2.71. The van der Waals surface area contributed by atoms with Gasteiger partial charge in [-0.1, -0.05) is 44.5 Å². The molecule has 4 heteroatoms. The molecule has 1 aliphatic rings. The summed E-state index contributed by atoms with van der Waals surface area (Å²) in [5, 5.41) is 3.22. The molecule has 2 aromatic rings. The first kappa shape index (κ1) is 15.0. The molecule has 1 atom stereocenters. The number of aromatic nitrogens is 1. The van der Waals surface area contributed by atoms with E-state index in [1.165, 1.54) is 11.1 Å². The van der Waals surface area contributed by atoms with Crippen molar-refractivity contribution in [2.45, 2.75) is 32.6 Å². The highest BCUT2D eigenvalue weighted by molar-refractivity contribution is 6.33. The third-order valence-corrected chi connectivity index (χ3v) is 5.17. The van der Waals surface area contributed by atoms with E-state index in [-0.39, 0.29) is 16.5 Å². The number of carbonyl (C=O) groups is 1. The van der Waals surface area contributed by atoms with Gasteiger partial charge in [-0.3, -0.25) is 4.79 Å². The Kier molecular flexibility index (Phi) is 3.69. The number of fused-ring (bicyclic) bond motifs is 1. The lowest BCUT2D eigenvalue weighted by atomic mass is 9.80. The van der Waals surface area contributed by atoms with Crippen LogP contribution in [0.25, 0.3) is 0 Å². The van der Waals surface area contributed by atoms with Gasteiger partial charge in [-0.2, -0.15) is 0 Å². The number of nitrogens with zero attached hydrogens (tertiary/aromatic N) is 1. The summed E-state index contributed by atoms with van der Waals surface area (Å²) >= 11 is 6.00. The van der Waals surface area contributed by atoms with E-state index in [9.17, 15) is 4.79 Å². The van der Waals surface area contributed by atoms with Crippen LogP contribution in [0.4, 0.5) is 5.69 Å². The topological polar surface area (TPSA) is 42.0 Å². The molecular formula is C18H19ClN2O. The maximum atomic E-state index is 12.4. The van der Waals surface area contributed by atoms with Crippen LogP contribution in [-0.4, -0.2) is 10.9 Å². The second-order valence-electron chi connectivity index (χ2n) is 6.45. The molecule has 0 aliphatic heterocycles. The van der Waals surface area contributed by atoms with Crippen LogP contribution in [0.15, 0.2) is 36.5 Å². The van der Waals surface area contributed by atoms with E-state index in [0.29, 0.717) is 11.5 Å². The molecule has 1 aromatic carbocycles. The third kappa shape index (κ3) is 2.40. The molecule has 0 fully saturated rings. The highest BCUT2D eigenvalue weighted by atomic mass is 35.5. The summed E-state index contributed by atoms with van der Waals surface area (Å²) in [6.45, 7) is 6.77. The second-order valence-corrected chi connectivity index (χ2v) is 6.81. The van der Waals surface area contributed by atoms with Crippen LogP contribution < -0.4 is 5.32 Å². The predicted octanol–water partition coefficient (Wildman–Crippen LogP) is 4.46. The van der Waals surface area contributed by atoms with E-state index >= 15 is 0 Å². The minimum absolute atomic E-state index is 0.127. The van der Waals surface area contributed by atoms with Crippen molar-refractivity contribution in [2.24, 2.45) is 5.92 Å². The van der Waals surface area contributed by atoms with Gasteiger partial charge < -0.3 is 5.32 Å². The highest BCUT2D eigenvalue weighted by Gasteiger charge is 2.37. The largest absolute Gasteiger partial charge is 0.322 e. The number of carbonyl (C=O) groups excluding carboxylic acids is 1. The fourth-order valence-electron chi connectivity index (χ4n) is 3.10. The lowest BCUT2D eigenvalue weighted by Gasteiger charge is -2.25. The zero-order chi connectivity index (χ0) is 15.9. The third-order valence-electron chi connectivity index (χ3n) is 4.86. The zero-order valence-electron chi connectivity index (χ0n) is 13.0. The number of rotatable bonds is 2. The molecule has 3 nitrogen and oxygen atoms in total. The Labute approximate surface area is 135 Å². The molecule has 0 bridgehead atoms. The normalized spacial score (nSPS) is 18.8. The Morgan fingerprint density at radius 2 is 2.09 bits per heavy atom. The first-order valence-corrected chi connectivity index (χ1v) is 7.83. The Morgan fingerprint density at radius 3 is 2.82 bits per heavy atom. The number of benzene rings is 1. The first-order valence-electron chi connectivity index (χ1n) is 7.45. The van der Waals surface area contributed by atoms with Crippen molar-refractivity contribution < 1.29 is 4.79 Å². The van der Waals surface area contributed by atoms with Gasteiger partial charge in [-0.25, -0.2) is 4.98 Å². The number of nitrogens with one attached hydrogen (secondary N) is 1. The predicted molar refractivity (Wildman–Crippen MR) is 89.5 cm³/mol. The fourth-order valence-corrected chi connectivity index (χ4v) is 3.30. The first-order chi connectivity index (χ1) is 10.4. The molecule has 1 heterocycles. The molecule has 0 radical (unpaired) electrons. The van der Waals surface area contributed by atoms with Crippen molar-refractivity contribution in [3.05, 3.63) is 58.4 Å². The van der Waals surface area contributed by atoms with Crippen molar-refractivity contribution in [3.8, 4) is 0 Å². The van der Waals surface area contributed by atoms with Crippen LogP contribution in [0.3, 0.4) is 0 Å². The van der Waals surface area contributed by atoms with Crippen LogP contribution in [0, 0.1) is 5.92 Å². The molecule has 0 saturated heterocycles. The fraction of sp³-hybridized carbons (Fsp3) is 0.333. The second kappa shape index (κ2) is 5.40. The summed E-state index contributed by atoms with van der Waals surface area (Å²) in [4.78, 5) is 16.4. The molecule has 114 valence electrons. The van der Waals surface area contributed by atoms with Gasteiger partial charge in [-0.05, 0) is 47.1 Å². The maximum Gasteiger partial charge on any atom is 0.258 e. The van der Waals surface area contributed by atoms with Gasteiger partial charge in [0, 0.05) is 11.9 Å². The number of amides is 1. The van der Waals surface area contributed by atoms with Crippen LogP contribution in [-0.2, 0) is 11.8 Å². The summed E-state index contributed by atoms with van der Waals surface area (Å²) in [7, 11) is 0. The molecule has 1 N–H and O–H groups in total. The van der Waals surface area contributed by atoms with Crippen molar-refractivity contribution in [1.82, 2.24) is 4.98 Å². The highest BCUT2D eigenvalue weighted by Crippen LogP contribution is 2.45. The van der Waals surface area contributed by atoms with Crippen molar-refractivity contribution in [2.75, 3.05) is 5.32 Å². The van der Waals surface area contributed by atoms with Crippen LogP contribution in [0.2, 0.25) is 5.15 Å². The number of anilines is 1. The lowest BCUT2D eigenvalue weighted by Crippen LogP contribution is -2.21. The monoisotopic (exact) mass is 314 g/mol. The van der Waals surface area contributed by atoms with E-state index in [1.54, 1.807) is 18.3 Å². The molecule has 0 spiro atoms. The Balaban J connectivity index is 1.94. The number of hydrogen-bond acceptors (Lipinski definition) is 2. The molecule has 1 unspecified atom stereocenters. The summed E-state index contributed by atoms with van der Waals surface area (Å²) in [6.07, 6.45) is 2.54. The van der Waals surface area contributed by atoms with Gasteiger partial charge in [0.2, 0.25) is 0 Å². The quantitative estimate of drug-likeness (QED) is 0.832. The van der Waals surface area contributed by atoms with Gasteiger partial charge in [0.25, 0.3) is 5.91 Å². The van der Waals surface area contributed by atoms with E-state index in [1.807, 2.05) is 12.1 Å². The molecule has 1 aliphatic carbocycles. The van der Waals surface area contributed by atoms with E-state index in [2.05, 4.69) is 37.1 Å². The molecule has 3 rings (SSSR count). The Bertz CT molecular complexity index is 740. The Morgan fingerprint density at radius 1 is 1.32 bits per heavy atom. The summed E-state index contributed by atoms with van der Waals surface area (Å²) in [5.41, 5.74) is 3.94. The van der Waals surface area contributed by atoms with E-state index < -0.39 is 0 Å². The number of hydrogen-bond donors (Lipinski definition) is 1. The van der Waals surface area contributed by atoms with Gasteiger partial charge in [0.1, 0.15) is 5.15 Å². The zero-order valence-corrected chi connectivity index (χ0v) is 13.7. The average molecular weight is 315 g/mol. The smallest absolute Gasteiger partial charge is 0.258 e. The molecule has 1 aromatic heterocycles. The number of pyridine rings is 1. The van der Waals surface area contributed by atoms with Gasteiger partial charge >= 0.3 is 0 Å². The van der Waals surface area contributed by atoms with Gasteiger partial charge in [0.05, 0.1) is 5.56 Å². The van der Waals surface area contributed by atoms with Crippen molar-refractivity contribution in [3.63, 3.8) is 0 Å². The number of halogens is 1. The summed E-state index contributed by atoms with van der Waals surface area (Å²) in [6, 6.07) is 9.50. The minimum Gasteiger partial charge on any atom is -0.322 e. The Hall–Kier alpha value is -1.87. The molecule has 22 heavy (non-hydrogen) atoms. The van der Waals surface area contributed by atoms with Gasteiger partial charge in [-0.15, -0.1) is 0 Å². The van der Waals surface area contributed by atoms with E-state index in [4.69, 9.17) is 11.6 Å². The van der Waals surface area contributed by atoms with Gasteiger partial charge in [0.15, 0.2) is 0 Å². The molecule has 1 amide bonds. The summed E-state index contributed by atoms with van der Waals surface area (Å²) in [5.74, 6) is 0.325. The minimum atomic E-state index is -0.219.